The first-order chi connectivity index (χ1) is 6.06. The Morgan fingerprint density at radius 3 is 2.69 bits per heavy atom. The van der Waals surface area contributed by atoms with E-state index in [-0.39, 0.29) is 11.3 Å². The molecular formula is C8H5IN2O2. The standard InChI is InChI=1S/C8H5IN2O2/c1-5-2-6(4-10)8(11(12)13)7(9)3-5/h2-3H,1H3. The van der Waals surface area contributed by atoms with E-state index in [9.17, 15) is 10.1 Å². The number of nitriles is 1. The van der Waals surface area contributed by atoms with Gasteiger partial charge in [0.25, 0.3) is 5.69 Å². The number of hydrogen-bond acceptors (Lipinski definition) is 3. The van der Waals surface area contributed by atoms with Crippen LogP contribution in [0.5, 0.6) is 0 Å². The number of aryl methyl sites for hydroxylation is 1. The summed E-state index contributed by atoms with van der Waals surface area (Å²) in [4.78, 5) is 10.0. The Bertz CT molecular complexity index is 409. The first kappa shape index (κ1) is 9.92. The summed E-state index contributed by atoms with van der Waals surface area (Å²) in [7, 11) is 0. The van der Waals surface area contributed by atoms with E-state index in [1.54, 1.807) is 13.0 Å². The van der Waals surface area contributed by atoms with Gasteiger partial charge in [-0.3, -0.25) is 10.1 Å². The fourth-order valence-corrected chi connectivity index (χ4v) is 1.98. The fourth-order valence-electron chi connectivity index (χ4n) is 1.01. The quantitative estimate of drug-likeness (QED) is 0.452. The Balaban J connectivity index is 3.50. The number of nitro groups is 1. The second-order valence-electron chi connectivity index (χ2n) is 2.51. The molecule has 0 aliphatic carbocycles. The minimum atomic E-state index is -0.528. The van der Waals surface area contributed by atoms with Crippen molar-refractivity contribution in [2.45, 2.75) is 6.92 Å². The average molecular weight is 288 g/mol. The van der Waals surface area contributed by atoms with Crippen LogP contribution in [0.15, 0.2) is 12.1 Å². The lowest BCUT2D eigenvalue weighted by Crippen LogP contribution is -1.96. The van der Waals surface area contributed by atoms with Gasteiger partial charge in [0.15, 0.2) is 0 Å². The maximum Gasteiger partial charge on any atom is 0.300 e. The lowest BCUT2D eigenvalue weighted by Gasteiger charge is -1.99. The van der Waals surface area contributed by atoms with Gasteiger partial charge in [0, 0.05) is 0 Å². The van der Waals surface area contributed by atoms with Gasteiger partial charge in [-0.1, -0.05) is 0 Å². The second kappa shape index (κ2) is 3.70. The highest BCUT2D eigenvalue weighted by atomic mass is 127. The first-order valence-corrected chi connectivity index (χ1v) is 4.48. The van der Waals surface area contributed by atoms with Crippen LogP contribution in [-0.4, -0.2) is 4.92 Å². The predicted molar refractivity (Wildman–Crippen MR) is 55.3 cm³/mol. The first-order valence-electron chi connectivity index (χ1n) is 3.41. The molecule has 5 heteroatoms. The smallest absolute Gasteiger partial charge is 0.258 e. The SMILES string of the molecule is Cc1cc(I)c([N+](=O)[O-])c(C#N)c1. The fraction of sp³-hybridized carbons (Fsp3) is 0.125. The van der Waals surface area contributed by atoms with Gasteiger partial charge in [-0.15, -0.1) is 0 Å². The van der Waals surface area contributed by atoms with Crippen molar-refractivity contribution >= 4 is 28.3 Å². The molecule has 66 valence electrons. The van der Waals surface area contributed by atoms with E-state index in [0.717, 1.165) is 5.56 Å². The molecule has 0 unspecified atom stereocenters. The van der Waals surface area contributed by atoms with Crippen molar-refractivity contribution in [3.05, 3.63) is 36.9 Å². The van der Waals surface area contributed by atoms with Crippen molar-refractivity contribution in [2.75, 3.05) is 0 Å². The third-order valence-electron chi connectivity index (χ3n) is 1.51. The Hall–Kier alpha value is -1.16. The highest BCUT2D eigenvalue weighted by Gasteiger charge is 2.18. The largest absolute Gasteiger partial charge is 0.300 e. The Morgan fingerprint density at radius 2 is 2.23 bits per heavy atom. The lowest BCUT2D eigenvalue weighted by atomic mass is 10.1. The summed E-state index contributed by atoms with van der Waals surface area (Å²) in [6.45, 7) is 1.80. The lowest BCUT2D eigenvalue weighted by molar-refractivity contribution is -0.386. The molecule has 0 aliphatic rings. The number of nitro benzene ring substituents is 1. The van der Waals surface area contributed by atoms with Crippen LogP contribution in [0.1, 0.15) is 11.1 Å². The molecular weight excluding hydrogens is 283 g/mol. The topological polar surface area (TPSA) is 66.9 Å². The van der Waals surface area contributed by atoms with Gasteiger partial charge in [-0.25, -0.2) is 0 Å². The van der Waals surface area contributed by atoms with Gasteiger partial charge in [0.1, 0.15) is 11.6 Å². The molecule has 0 bridgehead atoms. The zero-order valence-electron chi connectivity index (χ0n) is 6.74. The highest BCUT2D eigenvalue weighted by molar-refractivity contribution is 14.1. The van der Waals surface area contributed by atoms with Crippen LogP contribution in [-0.2, 0) is 0 Å². The average Bonchev–Trinajstić information content (AvgIpc) is 2.01. The molecule has 0 spiro atoms. The van der Waals surface area contributed by atoms with Crippen molar-refractivity contribution < 1.29 is 4.92 Å². The molecule has 0 saturated carbocycles. The molecule has 0 radical (unpaired) electrons. The van der Waals surface area contributed by atoms with Gasteiger partial charge in [-0.2, -0.15) is 5.26 Å². The van der Waals surface area contributed by atoms with E-state index in [1.165, 1.54) is 6.07 Å². The second-order valence-corrected chi connectivity index (χ2v) is 3.67. The molecule has 0 aliphatic heterocycles. The number of benzene rings is 1. The van der Waals surface area contributed by atoms with Crippen LogP contribution < -0.4 is 0 Å². The van der Waals surface area contributed by atoms with Gasteiger partial charge in [0.05, 0.1) is 8.49 Å². The molecule has 1 aromatic carbocycles. The van der Waals surface area contributed by atoms with E-state index in [1.807, 2.05) is 28.7 Å². The molecule has 13 heavy (non-hydrogen) atoms. The molecule has 4 nitrogen and oxygen atoms in total. The summed E-state index contributed by atoms with van der Waals surface area (Å²) in [6.07, 6.45) is 0. The summed E-state index contributed by atoms with van der Waals surface area (Å²) in [6, 6.07) is 5.01. The third-order valence-corrected chi connectivity index (χ3v) is 2.33. The Morgan fingerprint density at radius 1 is 1.62 bits per heavy atom. The number of hydrogen-bond donors (Lipinski definition) is 0. The number of nitrogens with zero attached hydrogens (tertiary/aromatic N) is 2. The zero-order valence-corrected chi connectivity index (χ0v) is 8.90. The molecule has 0 aromatic heterocycles. The van der Waals surface area contributed by atoms with Crippen LogP contribution in [0.2, 0.25) is 0 Å². The Labute approximate surface area is 88.5 Å². The van der Waals surface area contributed by atoms with Gasteiger partial charge < -0.3 is 0 Å². The van der Waals surface area contributed by atoms with E-state index in [4.69, 9.17) is 5.26 Å². The van der Waals surface area contributed by atoms with E-state index in [0.29, 0.717) is 3.57 Å². The third kappa shape index (κ3) is 1.95. The molecule has 1 rings (SSSR count). The maximum absolute atomic E-state index is 10.6. The van der Waals surface area contributed by atoms with Crippen molar-refractivity contribution in [1.29, 1.82) is 5.26 Å². The van der Waals surface area contributed by atoms with Crippen LogP contribution in [0.3, 0.4) is 0 Å². The van der Waals surface area contributed by atoms with Crippen molar-refractivity contribution in [1.82, 2.24) is 0 Å². The summed E-state index contributed by atoms with van der Waals surface area (Å²) >= 11 is 1.86. The Kier molecular flexibility index (Phi) is 2.83. The van der Waals surface area contributed by atoms with E-state index < -0.39 is 4.92 Å². The number of rotatable bonds is 1. The van der Waals surface area contributed by atoms with Crippen LogP contribution >= 0.6 is 22.6 Å². The van der Waals surface area contributed by atoms with Crippen LogP contribution in [0, 0.1) is 31.9 Å². The maximum atomic E-state index is 10.6. The molecule has 0 atom stereocenters. The minimum absolute atomic E-state index is 0.103. The van der Waals surface area contributed by atoms with E-state index >= 15 is 0 Å². The number of halogens is 1. The van der Waals surface area contributed by atoms with Crippen molar-refractivity contribution in [3.63, 3.8) is 0 Å². The molecule has 0 amide bonds. The molecule has 0 fully saturated rings. The minimum Gasteiger partial charge on any atom is -0.258 e. The van der Waals surface area contributed by atoms with Crippen LogP contribution in [0.4, 0.5) is 5.69 Å². The zero-order chi connectivity index (χ0) is 10.0. The summed E-state index contributed by atoms with van der Waals surface area (Å²) < 4.78 is 0.499. The van der Waals surface area contributed by atoms with Gasteiger partial charge in [-0.05, 0) is 47.2 Å². The molecule has 0 saturated heterocycles. The normalized spacial score (nSPS) is 9.31. The van der Waals surface area contributed by atoms with Crippen molar-refractivity contribution in [3.8, 4) is 6.07 Å². The molecule has 0 heterocycles. The van der Waals surface area contributed by atoms with E-state index in [2.05, 4.69) is 0 Å². The van der Waals surface area contributed by atoms with Gasteiger partial charge >= 0.3 is 0 Å². The summed E-state index contributed by atoms with van der Waals surface area (Å²) in [5, 5.41) is 19.2. The summed E-state index contributed by atoms with van der Waals surface area (Å²) in [5.74, 6) is 0. The highest BCUT2D eigenvalue weighted by Crippen LogP contribution is 2.26. The summed E-state index contributed by atoms with van der Waals surface area (Å²) in [5.41, 5.74) is 0.870. The molecule has 0 N–H and O–H groups in total. The van der Waals surface area contributed by atoms with Gasteiger partial charge in [0.2, 0.25) is 0 Å². The predicted octanol–water partition coefficient (Wildman–Crippen LogP) is 2.38. The van der Waals surface area contributed by atoms with Crippen molar-refractivity contribution in [2.24, 2.45) is 0 Å². The van der Waals surface area contributed by atoms with Crippen LogP contribution in [0.25, 0.3) is 0 Å². The molecule has 1 aromatic rings. The monoisotopic (exact) mass is 288 g/mol.